The summed E-state index contributed by atoms with van der Waals surface area (Å²) in [5.41, 5.74) is -0.549. The molecule has 25 heavy (non-hydrogen) atoms. The zero-order valence-corrected chi connectivity index (χ0v) is 16.9. The third kappa shape index (κ3) is 7.05. The van der Waals surface area contributed by atoms with Crippen LogP contribution in [-0.2, 0) is 9.53 Å². The molecule has 2 amide bonds. The first-order valence-corrected chi connectivity index (χ1v) is 10.4. The summed E-state index contributed by atoms with van der Waals surface area (Å²) in [5.74, 6) is 3.00. The van der Waals surface area contributed by atoms with E-state index in [2.05, 4.69) is 17.3 Å². The molecular weight excluding hydrogens is 338 g/mol. The highest BCUT2D eigenvalue weighted by atomic mass is 32.2. The molecule has 2 atom stereocenters. The lowest BCUT2D eigenvalue weighted by Crippen LogP contribution is -2.48. The normalized spacial score (nSPS) is 24.4. The summed E-state index contributed by atoms with van der Waals surface area (Å²) in [6, 6.07) is 0.685. The number of carbonyl (C=O) groups excluding carboxylic acids is 2. The molecular formula is C18H33N3O3S. The lowest BCUT2D eigenvalue weighted by atomic mass is 9.97. The number of piperidine rings is 1. The van der Waals surface area contributed by atoms with E-state index >= 15 is 0 Å². The van der Waals surface area contributed by atoms with Gasteiger partial charge in [-0.2, -0.15) is 11.8 Å². The number of nitrogens with zero attached hydrogens (tertiary/aromatic N) is 2. The summed E-state index contributed by atoms with van der Waals surface area (Å²) in [4.78, 5) is 28.4. The number of thioether (sulfide) groups is 1. The molecule has 2 aliphatic rings. The van der Waals surface area contributed by atoms with Crippen molar-refractivity contribution in [2.45, 2.75) is 51.7 Å². The lowest BCUT2D eigenvalue weighted by Gasteiger charge is -2.36. The fourth-order valence-electron chi connectivity index (χ4n) is 3.44. The maximum atomic E-state index is 12.4. The number of ether oxygens (including phenoxy) is 1. The molecule has 1 N–H and O–H groups in total. The van der Waals surface area contributed by atoms with Crippen LogP contribution in [0.25, 0.3) is 0 Å². The van der Waals surface area contributed by atoms with Crippen molar-refractivity contribution >= 4 is 23.8 Å². The van der Waals surface area contributed by atoms with E-state index in [4.69, 9.17) is 4.74 Å². The molecule has 0 bridgehead atoms. The minimum absolute atomic E-state index is 0.0107. The van der Waals surface area contributed by atoms with Crippen molar-refractivity contribution in [3.8, 4) is 0 Å². The van der Waals surface area contributed by atoms with Gasteiger partial charge in [-0.1, -0.05) is 0 Å². The van der Waals surface area contributed by atoms with Crippen LogP contribution in [0.1, 0.15) is 40.0 Å². The Morgan fingerprint density at radius 3 is 2.72 bits per heavy atom. The summed E-state index contributed by atoms with van der Waals surface area (Å²) in [6.07, 6.45) is 2.95. The maximum Gasteiger partial charge on any atom is 0.408 e. The first-order chi connectivity index (χ1) is 11.7. The fourth-order valence-corrected chi connectivity index (χ4v) is 4.74. The van der Waals surface area contributed by atoms with E-state index in [-0.39, 0.29) is 12.5 Å². The van der Waals surface area contributed by atoms with Gasteiger partial charge in [-0.15, -0.1) is 0 Å². The van der Waals surface area contributed by atoms with Gasteiger partial charge in [-0.3, -0.25) is 4.79 Å². The van der Waals surface area contributed by atoms with E-state index in [0.29, 0.717) is 12.0 Å². The molecule has 2 saturated heterocycles. The number of carbonyl (C=O) groups is 2. The van der Waals surface area contributed by atoms with Gasteiger partial charge in [0.1, 0.15) is 12.1 Å². The maximum absolute atomic E-state index is 12.4. The van der Waals surface area contributed by atoms with E-state index in [9.17, 15) is 9.59 Å². The lowest BCUT2D eigenvalue weighted by molar-refractivity contribution is -0.132. The molecule has 0 radical (unpaired) electrons. The van der Waals surface area contributed by atoms with Crippen LogP contribution >= 0.6 is 11.8 Å². The van der Waals surface area contributed by atoms with Crippen LogP contribution in [0.15, 0.2) is 0 Å². The van der Waals surface area contributed by atoms with E-state index in [1.165, 1.54) is 24.3 Å². The smallest absolute Gasteiger partial charge is 0.408 e. The minimum Gasteiger partial charge on any atom is -0.444 e. The fraction of sp³-hybridized carbons (Fsp3) is 0.889. The van der Waals surface area contributed by atoms with Gasteiger partial charge >= 0.3 is 6.09 Å². The largest absolute Gasteiger partial charge is 0.444 e. The Labute approximate surface area is 156 Å². The van der Waals surface area contributed by atoms with Crippen molar-refractivity contribution in [2.75, 3.05) is 44.7 Å². The van der Waals surface area contributed by atoms with Crippen molar-refractivity contribution in [1.29, 1.82) is 0 Å². The molecule has 0 aliphatic carbocycles. The number of rotatable bonds is 5. The minimum atomic E-state index is -0.549. The van der Waals surface area contributed by atoms with Crippen molar-refractivity contribution in [1.82, 2.24) is 15.1 Å². The van der Waals surface area contributed by atoms with Crippen molar-refractivity contribution in [2.24, 2.45) is 5.92 Å². The first-order valence-electron chi connectivity index (χ1n) is 9.27. The van der Waals surface area contributed by atoms with E-state index in [0.717, 1.165) is 26.1 Å². The number of hydrogen-bond donors (Lipinski definition) is 1. The van der Waals surface area contributed by atoms with Gasteiger partial charge in [0.05, 0.1) is 0 Å². The number of hydrogen-bond acceptors (Lipinski definition) is 5. The molecule has 2 heterocycles. The van der Waals surface area contributed by atoms with Crippen LogP contribution in [-0.4, -0.2) is 78.2 Å². The highest BCUT2D eigenvalue weighted by Crippen LogP contribution is 2.24. The van der Waals surface area contributed by atoms with Gasteiger partial charge in [-0.05, 0) is 58.8 Å². The van der Waals surface area contributed by atoms with Gasteiger partial charge in [0.25, 0.3) is 0 Å². The first kappa shape index (κ1) is 20.4. The molecule has 0 saturated carbocycles. The Morgan fingerprint density at radius 1 is 1.32 bits per heavy atom. The predicted octanol–water partition coefficient (Wildman–Crippen LogP) is 2.19. The van der Waals surface area contributed by atoms with Gasteiger partial charge in [0.2, 0.25) is 5.91 Å². The molecule has 0 spiro atoms. The SMILES string of the molecule is CN(C[C@@H]1CCCN(C(=O)CNC(=O)OC(C)(C)C)C1)[C@@H]1CCSC1. The highest BCUT2D eigenvalue weighted by molar-refractivity contribution is 7.99. The zero-order chi connectivity index (χ0) is 18.4. The highest BCUT2D eigenvalue weighted by Gasteiger charge is 2.28. The Morgan fingerprint density at radius 2 is 2.08 bits per heavy atom. The monoisotopic (exact) mass is 371 g/mol. The number of nitrogens with one attached hydrogen (secondary N) is 1. The van der Waals surface area contributed by atoms with Crippen LogP contribution in [0.5, 0.6) is 0 Å². The second-order valence-corrected chi connectivity index (χ2v) is 9.31. The Hall–Kier alpha value is -0.950. The molecule has 144 valence electrons. The van der Waals surface area contributed by atoms with Crippen LogP contribution in [0, 0.1) is 5.92 Å². The Bertz CT molecular complexity index is 461. The van der Waals surface area contributed by atoms with E-state index < -0.39 is 11.7 Å². The van der Waals surface area contributed by atoms with Gasteiger partial charge in [-0.25, -0.2) is 4.79 Å². The quantitative estimate of drug-likeness (QED) is 0.803. The van der Waals surface area contributed by atoms with Crippen LogP contribution in [0.3, 0.4) is 0 Å². The third-order valence-corrected chi connectivity index (χ3v) is 5.87. The van der Waals surface area contributed by atoms with Crippen LogP contribution < -0.4 is 5.32 Å². The number of alkyl carbamates (subject to hydrolysis) is 1. The molecule has 0 unspecified atom stereocenters. The average molecular weight is 372 g/mol. The summed E-state index contributed by atoms with van der Waals surface area (Å²) in [6.45, 7) is 8.06. The molecule has 2 fully saturated rings. The molecule has 2 aliphatic heterocycles. The van der Waals surface area contributed by atoms with Crippen LogP contribution in [0.4, 0.5) is 4.79 Å². The summed E-state index contributed by atoms with van der Waals surface area (Å²) in [5, 5.41) is 2.57. The van der Waals surface area contributed by atoms with Crippen molar-refractivity contribution < 1.29 is 14.3 Å². The van der Waals surface area contributed by atoms with Crippen molar-refractivity contribution in [3.63, 3.8) is 0 Å². The molecule has 7 heteroatoms. The summed E-state index contributed by atoms with van der Waals surface area (Å²) < 4.78 is 5.18. The molecule has 0 aromatic heterocycles. The molecule has 2 rings (SSSR count). The predicted molar refractivity (Wildman–Crippen MR) is 102 cm³/mol. The number of amides is 2. The van der Waals surface area contributed by atoms with Gasteiger partial charge < -0.3 is 19.9 Å². The average Bonchev–Trinajstić information content (AvgIpc) is 3.06. The Balaban J connectivity index is 1.73. The second kappa shape index (κ2) is 9.12. The van der Waals surface area contributed by atoms with Crippen molar-refractivity contribution in [3.05, 3.63) is 0 Å². The summed E-state index contributed by atoms with van der Waals surface area (Å²) in [7, 11) is 2.21. The second-order valence-electron chi connectivity index (χ2n) is 8.16. The number of likely N-dealkylation sites (tertiary alicyclic amines) is 1. The zero-order valence-electron chi connectivity index (χ0n) is 16.0. The summed E-state index contributed by atoms with van der Waals surface area (Å²) >= 11 is 2.03. The standard InChI is InChI=1S/C18H33N3O3S/c1-18(2,3)24-17(23)19-10-16(22)21-8-5-6-14(12-21)11-20(4)15-7-9-25-13-15/h14-15H,5-13H2,1-4H3,(H,19,23)/t14-,15+/m0/s1. The molecule has 0 aromatic rings. The van der Waals surface area contributed by atoms with E-state index in [1.807, 2.05) is 37.4 Å². The van der Waals surface area contributed by atoms with Crippen LogP contribution in [0.2, 0.25) is 0 Å². The van der Waals surface area contributed by atoms with Gasteiger partial charge in [0.15, 0.2) is 0 Å². The Kier molecular flexibility index (Phi) is 7.43. The van der Waals surface area contributed by atoms with Gasteiger partial charge in [0, 0.05) is 31.4 Å². The molecule has 6 nitrogen and oxygen atoms in total. The third-order valence-electron chi connectivity index (χ3n) is 4.73. The topological polar surface area (TPSA) is 61.9 Å². The molecule has 0 aromatic carbocycles. The van der Waals surface area contributed by atoms with E-state index in [1.54, 1.807) is 0 Å².